The molecule has 0 aliphatic rings. The minimum atomic E-state index is 0.337. The molecule has 0 saturated heterocycles. The van der Waals surface area contributed by atoms with Crippen molar-refractivity contribution in [1.82, 2.24) is 0 Å². The summed E-state index contributed by atoms with van der Waals surface area (Å²) in [6, 6.07) is 7.46. The van der Waals surface area contributed by atoms with Crippen molar-refractivity contribution in [3.8, 4) is 5.75 Å². The zero-order valence-corrected chi connectivity index (χ0v) is 10.4. The van der Waals surface area contributed by atoms with E-state index in [2.05, 4.69) is 23.8 Å². The molecule has 0 bridgehead atoms. The predicted molar refractivity (Wildman–Crippen MR) is 65.8 cm³/mol. The van der Waals surface area contributed by atoms with E-state index in [9.17, 15) is 5.11 Å². The fraction of sp³-hybridized carbons (Fsp3) is 0.308. The number of aromatic nitrogens is 1. The molecule has 0 aliphatic heterocycles. The lowest BCUT2D eigenvalue weighted by Gasteiger charge is -2.00. The van der Waals surface area contributed by atoms with Crippen LogP contribution in [0.2, 0.25) is 0 Å². The Morgan fingerprint density at radius 1 is 1.38 bits per heavy atom. The predicted octanol–water partition coefficient (Wildman–Crippen LogP) is 2.66. The molecular weight excluding hydrogens is 218 g/mol. The average Bonchev–Trinajstić information content (AvgIpc) is 2.60. The first kappa shape index (κ1) is 11.1. The summed E-state index contributed by atoms with van der Waals surface area (Å²) in [7, 11) is 0. The standard InChI is InChI=1S/C13H15NOS/c1-3-13-14(10(2)9-16-13)8-11-5-4-6-12(15)7-11/h4-7,9H,3,8H2,1-2H3/p+1. The highest BCUT2D eigenvalue weighted by Crippen LogP contribution is 2.13. The van der Waals surface area contributed by atoms with Crippen LogP contribution in [0.1, 0.15) is 23.2 Å². The van der Waals surface area contributed by atoms with E-state index in [1.165, 1.54) is 10.7 Å². The van der Waals surface area contributed by atoms with Crippen LogP contribution in [0.5, 0.6) is 5.75 Å². The number of aryl methyl sites for hydroxylation is 2. The lowest BCUT2D eigenvalue weighted by molar-refractivity contribution is -0.696. The number of phenolic OH excluding ortho intramolecular Hbond substituents is 1. The van der Waals surface area contributed by atoms with Crippen molar-refractivity contribution in [3.05, 3.63) is 45.9 Å². The van der Waals surface area contributed by atoms with Crippen LogP contribution in [0.4, 0.5) is 0 Å². The van der Waals surface area contributed by atoms with Crippen LogP contribution in [0.15, 0.2) is 29.6 Å². The molecule has 0 unspecified atom stereocenters. The number of hydrogen-bond donors (Lipinski definition) is 1. The zero-order valence-electron chi connectivity index (χ0n) is 9.60. The Kier molecular flexibility index (Phi) is 3.25. The van der Waals surface area contributed by atoms with Crippen molar-refractivity contribution in [2.75, 3.05) is 0 Å². The van der Waals surface area contributed by atoms with Gasteiger partial charge in [-0.3, -0.25) is 0 Å². The number of thiazole rings is 1. The molecule has 16 heavy (non-hydrogen) atoms. The van der Waals surface area contributed by atoms with Crippen LogP contribution in [0.3, 0.4) is 0 Å². The minimum Gasteiger partial charge on any atom is -0.508 e. The first-order valence-corrected chi connectivity index (χ1v) is 6.33. The smallest absolute Gasteiger partial charge is 0.237 e. The third-order valence-corrected chi connectivity index (χ3v) is 3.89. The van der Waals surface area contributed by atoms with Crippen LogP contribution >= 0.6 is 11.3 Å². The monoisotopic (exact) mass is 234 g/mol. The van der Waals surface area contributed by atoms with Crippen LogP contribution < -0.4 is 4.57 Å². The largest absolute Gasteiger partial charge is 0.508 e. The van der Waals surface area contributed by atoms with E-state index in [4.69, 9.17) is 0 Å². The maximum Gasteiger partial charge on any atom is 0.237 e. The topological polar surface area (TPSA) is 24.1 Å². The zero-order chi connectivity index (χ0) is 11.5. The molecule has 1 aromatic heterocycles. The van der Waals surface area contributed by atoms with Gasteiger partial charge in [-0.05, 0) is 12.1 Å². The minimum absolute atomic E-state index is 0.337. The summed E-state index contributed by atoms with van der Waals surface area (Å²) in [4.78, 5) is 0. The molecule has 0 radical (unpaired) electrons. The van der Waals surface area contributed by atoms with E-state index in [1.807, 2.05) is 18.2 Å². The van der Waals surface area contributed by atoms with Crippen molar-refractivity contribution in [2.24, 2.45) is 0 Å². The molecule has 0 saturated carbocycles. The van der Waals surface area contributed by atoms with Crippen LogP contribution in [0.25, 0.3) is 0 Å². The second-order valence-corrected chi connectivity index (χ2v) is 4.82. The molecule has 1 heterocycles. The van der Waals surface area contributed by atoms with Crippen molar-refractivity contribution in [3.63, 3.8) is 0 Å². The van der Waals surface area contributed by atoms with Gasteiger partial charge in [-0.2, -0.15) is 4.57 Å². The maximum absolute atomic E-state index is 9.43. The molecule has 2 rings (SSSR count). The van der Waals surface area contributed by atoms with Gasteiger partial charge in [-0.15, -0.1) is 0 Å². The summed E-state index contributed by atoms with van der Waals surface area (Å²) in [5.41, 5.74) is 2.42. The lowest BCUT2D eigenvalue weighted by Crippen LogP contribution is -2.38. The van der Waals surface area contributed by atoms with Gasteiger partial charge in [0.25, 0.3) is 0 Å². The SMILES string of the molecule is CCc1scc(C)[n+]1Cc1cccc(O)c1. The van der Waals surface area contributed by atoms with Crippen molar-refractivity contribution >= 4 is 11.3 Å². The molecule has 1 N–H and O–H groups in total. The summed E-state index contributed by atoms with van der Waals surface area (Å²) < 4.78 is 2.30. The summed E-state index contributed by atoms with van der Waals surface area (Å²) in [6.45, 7) is 5.13. The van der Waals surface area contributed by atoms with Gasteiger partial charge < -0.3 is 5.11 Å². The van der Waals surface area contributed by atoms with E-state index in [0.717, 1.165) is 18.5 Å². The number of benzene rings is 1. The molecule has 2 nitrogen and oxygen atoms in total. The Hall–Kier alpha value is -1.35. The highest BCUT2D eigenvalue weighted by Gasteiger charge is 2.15. The van der Waals surface area contributed by atoms with Gasteiger partial charge in [0.15, 0.2) is 12.2 Å². The molecule has 2 aromatic rings. The Bertz CT molecular complexity index is 490. The summed E-state index contributed by atoms with van der Waals surface area (Å²) in [6.07, 6.45) is 1.05. The quantitative estimate of drug-likeness (QED) is 0.811. The molecule has 0 spiro atoms. The van der Waals surface area contributed by atoms with Gasteiger partial charge in [-0.1, -0.05) is 30.4 Å². The third-order valence-electron chi connectivity index (χ3n) is 2.65. The number of phenols is 1. The van der Waals surface area contributed by atoms with E-state index < -0.39 is 0 Å². The Balaban J connectivity index is 2.29. The third kappa shape index (κ3) is 2.25. The van der Waals surface area contributed by atoms with Crippen LogP contribution in [-0.2, 0) is 13.0 Å². The highest BCUT2D eigenvalue weighted by atomic mass is 32.1. The first-order valence-electron chi connectivity index (χ1n) is 5.45. The molecule has 0 atom stereocenters. The van der Waals surface area contributed by atoms with Gasteiger partial charge in [-0.25, -0.2) is 0 Å². The molecule has 0 amide bonds. The lowest BCUT2D eigenvalue weighted by atomic mass is 10.2. The second kappa shape index (κ2) is 4.66. The molecular formula is C13H16NOS+. The van der Waals surface area contributed by atoms with Gasteiger partial charge in [0, 0.05) is 18.9 Å². The molecule has 1 aromatic carbocycles. The molecule has 0 fully saturated rings. The molecule has 0 aliphatic carbocycles. The summed E-state index contributed by atoms with van der Waals surface area (Å²) in [5.74, 6) is 0.337. The van der Waals surface area contributed by atoms with E-state index >= 15 is 0 Å². The van der Waals surface area contributed by atoms with Crippen LogP contribution in [0, 0.1) is 6.92 Å². The normalized spacial score (nSPS) is 10.6. The van der Waals surface area contributed by atoms with Crippen molar-refractivity contribution in [2.45, 2.75) is 26.8 Å². The Morgan fingerprint density at radius 2 is 2.19 bits per heavy atom. The summed E-state index contributed by atoms with van der Waals surface area (Å²) >= 11 is 1.80. The Morgan fingerprint density at radius 3 is 2.88 bits per heavy atom. The van der Waals surface area contributed by atoms with E-state index in [-0.39, 0.29) is 0 Å². The fourth-order valence-electron chi connectivity index (χ4n) is 1.80. The number of hydrogen-bond acceptors (Lipinski definition) is 2. The van der Waals surface area contributed by atoms with E-state index in [1.54, 1.807) is 17.4 Å². The van der Waals surface area contributed by atoms with Crippen LogP contribution in [-0.4, -0.2) is 5.11 Å². The number of nitrogens with zero attached hydrogens (tertiary/aromatic N) is 1. The highest BCUT2D eigenvalue weighted by molar-refractivity contribution is 7.09. The average molecular weight is 234 g/mol. The van der Waals surface area contributed by atoms with Gasteiger partial charge >= 0.3 is 0 Å². The molecule has 3 heteroatoms. The maximum atomic E-state index is 9.43. The van der Waals surface area contributed by atoms with Gasteiger partial charge in [0.05, 0.1) is 5.38 Å². The van der Waals surface area contributed by atoms with E-state index in [0.29, 0.717) is 5.75 Å². The number of rotatable bonds is 3. The second-order valence-electron chi connectivity index (χ2n) is 3.88. The van der Waals surface area contributed by atoms with Gasteiger partial charge in [0.1, 0.15) is 5.75 Å². The van der Waals surface area contributed by atoms with Crippen molar-refractivity contribution in [1.29, 1.82) is 0 Å². The van der Waals surface area contributed by atoms with Crippen molar-refractivity contribution < 1.29 is 9.67 Å². The molecule has 84 valence electrons. The summed E-state index contributed by atoms with van der Waals surface area (Å²) in [5, 5.41) is 13.0. The number of aromatic hydroxyl groups is 1. The fourth-order valence-corrected chi connectivity index (χ4v) is 2.74. The first-order chi connectivity index (χ1) is 7.70. The Labute approximate surface area is 99.8 Å². The van der Waals surface area contributed by atoms with Gasteiger partial charge in [0.2, 0.25) is 5.01 Å².